The van der Waals surface area contributed by atoms with Crippen molar-refractivity contribution in [3.05, 3.63) is 23.9 Å². The first kappa shape index (κ1) is 11.9. The highest BCUT2D eigenvalue weighted by atomic mass is 16.2. The monoisotopic (exact) mass is 233 g/mol. The summed E-state index contributed by atoms with van der Waals surface area (Å²) in [7, 11) is 1.88. The van der Waals surface area contributed by atoms with Crippen molar-refractivity contribution in [2.45, 2.75) is 32.2 Å². The van der Waals surface area contributed by atoms with Gasteiger partial charge in [0, 0.05) is 25.8 Å². The van der Waals surface area contributed by atoms with Crippen molar-refractivity contribution in [2.24, 2.45) is 0 Å². The van der Waals surface area contributed by atoms with Crippen molar-refractivity contribution < 1.29 is 4.79 Å². The van der Waals surface area contributed by atoms with Crippen LogP contribution in [-0.2, 0) is 0 Å². The highest BCUT2D eigenvalue weighted by Gasteiger charge is 2.26. The lowest BCUT2D eigenvalue weighted by atomic mass is 9.91. The number of rotatable bonds is 4. The van der Waals surface area contributed by atoms with Crippen molar-refractivity contribution in [3.8, 4) is 0 Å². The van der Waals surface area contributed by atoms with Crippen LogP contribution in [0.2, 0.25) is 0 Å². The van der Waals surface area contributed by atoms with Crippen LogP contribution < -0.4 is 5.32 Å². The highest BCUT2D eigenvalue weighted by Crippen LogP contribution is 2.24. The van der Waals surface area contributed by atoms with Crippen LogP contribution in [0.3, 0.4) is 0 Å². The van der Waals surface area contributed by atoms with E-state index in [1.165, 1.54) is 6.42 Å². The van der Waals surface area contributed by atoms with Gasteiger partial charge in [-0.3, -0.25) is 4.79 Å². The fourth-order valence-electron chi connectivity index (χ4n) is 1.95. The summed E-state index contributed by atoms with van der Waals surface area (Å²) in [5.74, 6) is 0.889. The Labute approximate surface area is 102 Å². The van der Waals surface area contributed by atoms with E-state index in [-0.39, 0.29) is 5.91 Å². The molecule has 17 heavy (non-hydrogen) atoms. The largest absolute Gasteiger partial charge is 0.370 e. The number of nitrogens with one attached hydrogen (secondary N) is 1. The van der Waals surface area contributed by atoms with Crippen LogP contribution in [0.15, 0.2) is 18.3 Å². The van der Waals surface area contributed by atoms with Gasteiger partial charge in [-0.15, -0.1) is 0 Å². The van der Waals surface area contributed by atoms with Crippen molar-refractivity contribution in [1.82, 2.24) is 9.88 Å². The van der Waals surface area contributed by atoms with Gasteiger partial charge < -0.3 is 10.2 Å². The quantitative estimate of drug-likeness (QED) is 0.866. The predicted octanol–water partition coefficient (Wildman–Crippen LogP) is 2.14. The predicted molar refractivity (Wildman–Crippen MR) is 68.1 cm³/mol. The van der Waals surface area contributed by atoms with Gasteiger partial charge in [0.2, 0.25) is 0 Å². The normalized spacial score (nSPS) is 15.2. The first-order valence-corrected chi connectivity index (χ1v) is 6.19. The minimum absolute atomic E-state index is 0.0743. The van der Waals surface area contributed by atoms with E-state index in [9.17, 15) is 4.79 Å². The zero-order valence-corrected chi connectivity index (χ0v) is 10.4. The Hall–Kier alpha value is -1.58. The van der Waals surface area contributed by atoms with Gasteiger partial charge in [0.05, 0.1) is 5.56 Å². The summed E-state index contributed by atoms with van der Waals surface area (Å²) in [4.78, 5) is 18.2. The molecule has 4 nitrogen and oxygen atoms in total. The Kier molecular flexibility index (Phi) is 3.61. The highest BCUT2D eigenvalue weighted by molar-refractivity contribution is 5.94. The third-order valence-electron chi connectivity index (χ3n) is 3.31. The zero-order chi connectivity index (χ0) is 12.3. The van der Waals surface area contributed by atoms with Gasteiger partial charge in [0.25, 0.3) is 5.91 Å². The lowest BCUT2D eigenvalue weighted by molar-refractivity contribution is 0.0651. The second-order valence-electron chi connectivity index (χ2n) is 4.46. The van der Waals surface area contributed by atoms with Gasteiger partial charge in [0.15, 0.2) is 0 Å². The summed E-state index contributed by atoms with van der Waals surface area (Å²) in [5.41, 5.74) is 0.668. The molecule has 1 N–H and O–H groups in total. The first-order chi connectivity index (χ1) is 8.22. The van der Waals surface area contributed by atoms with Gasteiger partial charge in [-0.05, 0) is 38.3 Å². The van der Waals surface area contributed by atoms with E-state index in [0.717, 1.165) is 25.2 Å². The molecule has 0 bridgehead atoms. The Morgan fingerprint density at radius 3 is 2.76 bits per heavy atom. The van der Waals surface area contributed by atoms with Crippen LogP contribution in [0, 0.1) is 0 Å². The Morgan fingerprint density at radius 1 is 1.53 bits per heavy atom. The minimum Gasteiger partial charge on any atom is -0.370 e. The molecule has 0 spiro atoms. The maximum Gasteiger partial charge on any atom is 0.255 e. The zero-order valence-electron chi connectivity index (χ0n) is 10.4. The summed E-state index contributed by atoms with van der Waals surface area (Å²) in [5, 5.41) is 3.11. The molecule has 0 aromatic carbocycles. The van der Waals surface area contributed by atoms with Gasteiger partial charge in [-0.2, -0.15) is 0 Å². The Balaban J connectivity index is 2.03. The third-order valence-corrected chi connectivity index (χ3v) is 3.31. The fraction of sp³-hybridized carbons (Fsp3) is 0.538. The Morgan fingerprint density at radius 2 is 2.29 bits per heavy atom. The fourth-order valence-corrected chi connectivity index (χ4v) is 1.95. The van der Waals surface area contributed by atoms with Gasteiger partial charge in [-0.25, -0.2) is 4.98 Å². The topological polar surface area (TPSA) is 45.2 Å². The van der Waals surface area contributed by atoms with Gasteiger partial charge >= 0.3 is 0 Å². The minimum atomic E-state index is 0.0743. The maximum absolute atomic E-state index is 12.1. The standard InChI is InChI=1S/C13H19N3O/c1-3-14-12-8-7-10(9-15-12)13(17)16(2)11-5-4-6-11/h7-9,11H,3-6H2,1-2H3,(H,14,15). The molecule has 1 amide bonds. The smallest absolute Gasteiger partial charge is 0.255 e. The number of amides is 1. The van der Waals surface area contributed by atoms with Crippen LogP contribution in [0.4, 0.5) is 5.82 Å². The average molecular weight is 233 g/mol. The molecule has 2 rings (SSSR count). The molecule has 1 aromatic rings. The van der Waals surface area contributed by atoms with E-state index in [0.29, 0.717) is 11.6 Å². The SMILES string of the molecule is CCNc1ccc(C(=O)N(C)C2CCC2)cn1. The molecule has 0 aliphatic heterocycles. The lowest BCUT2D eigenvalue weighted by Crippen LogP contribution is -2.41. The van der Waals surface area contributed by atoms with Crippen LogP contribution in [-0.4, -0.2) is 35.4 Å². The van der Waals surface area contributed by atoms with Gasteiger partial charge in [-0.1, -0.05) is 0 Å². The molecule has 1 saturated carbocycles. The molecule has 1 fully saturated rings. The molecule has 92 valence electrons. The molecule has 1 aliphatic rings. The summed E-state index contributed by atoms with van der Waals surface area (Å²) >= 11 is 0. The van der Waals surface area contributed by atoms with Crippen molar-refractivity contribution in [2.75, 3.05) is 18.9 Å². The van der Waals surface area contributed by atoms with Crippen molar-refractivity contribution >= 4 is 11.7 Å². The van der Waals surface area contributed by atoms with Crippen molar-refractivity contribution in [3.63, 3.8) is 0 Å². The molecule has 1 aromatic heterocycles. The number of carbonyl (C=O) groups excluding carboxylic acids is 1. The number of pyridine rings is 1. The first-order valence-electron chi connectivity index (χ1n) is 6.19. The number of aromatic nitrogens is 1. The van der Waals surface area contributed by atoms with E-state index < -0.39 is 0 Å². The van der Waals surface area contributed by atoms with Gasteiger partial charge in [0.1, 0.15) is 5.82 Å². The summed E-state index contributed by atoms with van der Waals surface area (Å²) in [6, 6.07) is 4.12. The second-order valence-corrected chi connectivity index (χ2v) is 4.46. The van der Waals surface area contributed by atoms with E-state index in [2.05, 4.69) is 10.3 Å². The molecular formula is C13H19N3O. The number of carbonyl (C=O) groups is 1. The summed E-state index contributed by atoms with van der Waals surface area (Å²) in [6.45, 7) is 2.85. The van der Waals surface area contributed by atoms with Crippen molar-refractivity contribution in [1.29, 1.82) is 0 Å². The molecule has 0 unspecified atom stereocenters. The molecule has 0 atom stereocenters. The lowest BCUT2D eigenvalue weighted by Gasteiger charge is -2.34. The molecular weight excluding hydrogens is 214 g/mol. The number of hydrogen-bond donors (Lipinski definition) is 1. The molecule has 1 heterocycles. The molecule has 0 saturated heterocycles. The van der Waals surface area contributed by atoms with Crippen LogP contribution in [0.1, 0.15) is 36.5 Å². The number of hydrogen-bond acceptors (Lipinski definition) is 3. The van der Waals surface area contributed by atoms with E-state index in [1.54, 1.807) is 6.20 Å². The molecule has 1 aliphatic carbocycles. The van der Waals surface area contributed by atoms with E-state index >= 15 is 0 Å². The third kappa shape index (κ3) is 2.57. The molecule has 4 heteroatoms. The summed E-state index contributed by atoms with van der Waals surface area (Å²) < 4.78 is 0. The van der Waals surface area contributed by atoms with E-state index in [1.807, 2.05) is 31.0 Å². The summed E-state index contributed by atoms with van der Waals surface area (Å²) in [6.07, 6.45) is 5.14. The van der Waals surface area contributed by atoms with Crippen LogP contribution in [0.5, 0.6) is 0 Å². The van der Waals surface area contributed by atoms with Crippen LogP contribution in [0.25, 0.3) is 0 Å². The second kappa shape index (κ2) is 5.17. The molecule has 0 radical (unpaired) electrons. The Bertz CT molecular complexity index is 384. The van der Waals surface area contributed by atoms with Crippen LogP contribution >= 0.6 is 0 Å². The average Bonchev–Trinajstić information content (AvgIpc) is 2.27. The number of nitrogens with zero attached hydrogens (tertiary/aromatic N) is 2. The number of anilines is 1. The maximum atomic E-state index is 12.1. The van der Waals surface area contributed by atoms with E-state index in [4.69, 9.17) is 0 Å².